The molecule has 6 nitrogen and oxygen atoms in total. The summed E-state index contributed by atoms with van der Waals surface area (Å²) >= 11 is 0. The lowest BCUT2D eigenvalue weighted by atomic mass is 10.1. The maximum Gasteiger partial charge on any atom is 0.410 e. The third-order valence-corrected chi connectivity index (χ3v) is 4.04. The molecule has 1 heterocycles. The van der Waals surface area contributed by atoms with Gasteiger partial charge in [0, 0.05) is 25.4 Å². The van der Waals surface area contributed by atoms with Gasteiger partial charge in [0.2, 0.25) is 0 Å². The van der Waals surface area contributed by atoms with Gasteiger partial charge in [0.05, 0.1) is 6.61 Å². The monoisotopic (exact) mass is 367 g/mol. The van der Waals surface area contributed by atoms with Crippen molar-refractivity contribution in [3.63, 3.8) is 0 Å². The molecule has 1 amide bonds. The van der Waals surface area contributed by atoms with Crippen LogP contribution in [-0.2, 0) is 16.0 Å². The second kappa shape index (κ2) is 8.38. The molecule has 0 aliphatic carbocycles. The van der Waals surface area contributed by atoms with Crippen molar-refractivity contribution in [2.45, 2.75) is 45.6 Å². The fourth-order valence-electron chi connectivity index (χ4n) is 2.74. The topological polar surface area (TPSA) is 76.1 Å². The number of carbonyl (C=O) groups is 2. The number of ether oxygens (including phenoxy) is 2. The molecule has 2 rings (SSSR count). The number of likely N-dealkylation sites (tertiary alicyclic amines) is 1. The minimum absolute atomic E-state index is 0.0395. The fraction of sp³-hybridized carbons (Fsp3) is 0.579. The quantitative estimate of drug-likeness (QED) is 0.833. The zero-order chi connectivity index (χ0) is 19.3. The van der Waals surface area contributed by atoms with Gasteiger partial charge < -0.3 is 19.5 Å². The van der Waals surface area contributed by atoms with Gasteiger partial charge in [-0.2, -0.15) is 0 Å². The van der Waals surface area contributed by atoms with E-state index in [0.29, 0.717) is 25.3 Å². The molecule has 1 aromatic carbocycles. The van der Waals surface area contributed by atoms with Crippen LogP contribution in [0.2, 0.25) is 0 Å². The van der Waals surface area contributed by atoms with E-state index < -0.39 is 17.4 Å². The summed E-state index contributed by atoms with van der Waals surface area (Å²) in [5, 5.41) is 8.67. The van der Waals surface area contributed by atoms with Crippen molar-refractivity contribution in [3.8, 4) is 5.75 Å². The Morgan fingerprint density at radius 1 is 1.35 bits per heavy atom. The fourth-order valence-corrected chi connectivity index (χ4v) is 2.74. The molecule has 144 valence electrons. The maximum atomic E-state index is 14.1. The van der Waals surface area contributed by atoms with Gasteiger partial charge in [-0.05, 0) is 51.3 Å². The number of hydrogen-bond donors (Lipinski definition) is 1. The van der Waals surface area contributed by atoms with E-state index >= 15 is 0 Å². The highest BCUT2D eigenvalue weighted by molar-refractivity contribution is 5.68. The number of carboxylic acid groups (broad SMARTS) is 1. The third-order valence-electron chi connectivity index (χ3n) is 4.04. The standard InChI is InChI=1S/C19H26FNO5/c1-19(2,3)26-18(24)21-9-8-14(11-21)12-25-16-6-4-13(10-15(16)20)5-7-17(22)23/h4,6,10,14H,5,7-9,11-12H2,1-3H3,(H,22,23). The van der Waals surface area contributed by atoms with Crippen LogP contribution >= 0.6 is 0 Å². The van der Waals surface area contributed by atoms with Crippen LogP contribution in [0.4, 0.5) is 9.18 Å². The number of aryl methyl sites for hydroxylation is 1. The molecule has 1 aliphatic rings. The van der Waals surface area contributed by atoms with Gasteiger partial charge >= 0.3 is 12.1 Å². The number of hydrogen-bond acceptors (Lipinski definition) is 4. The molecule has 7 heteroatoms. The smallest absolute Gasteiger partial charge is 0.410 e. The number of amides is 1. The SMILES string of the molecule is CC(C)(C)OC(=O)N1CCC(COc2ccc(CCC(=O)O)cc2F)C1. The summed E-state index contributed by atoms with van der Waals surface area (Å²) in [5.74, 6) is -1.16. The molecule has 0 radical (unpaired) electrons. The first-order valence-corrected chi connectivity index (χ1v) is 8.75. The Kier molecular flexibility index (Phi) is 6.45. The van der Waals surface area contributed by atoms with E-state index in [9.17, 15) is 14.0 Å². The molecule has 1 saturated heterocycles. The first-order valence-electron chi connectivity index (χ1n) is 8.75. The van der Waals surface area contributed by atoms with Crippen LogP contribution in [0.3, 0.4) is 0 Å². The zero-order valence-corrected chi connectivity index (χ0v) is 15.5. The second-order valence-corrected chi connectivity index (χ2v) is 7.55. The molecule has 1 unspecified atom stereocenters. The van der Waals surface area contributed by atoms with Crippen LogP contribution < -0.4 is 4.74 Å². The van der Waals surface area contributed by atoms with Crippen molar-refractivity contribution in [3.05, 3.63) is 29.6 Å². The molecule has 1 aliphatic heterocycles. The predicted molar refractivity (Wildman–Crippen MR) is 93.8 cm³/mol. The van der Waals surface area contributed by atoms with Crippen molar-refractivity contribution in [2.24, 2.45) is 5.92 Å². The van der Waals surface area contributed by atoms with E-state index in [1.807, 2.05) is 20.8 Å². The Labute approximate surface area is 152 Å². The van der Waals surface area contributed by atoms with Gasteiger partial charge in [-0.25, -0.2) is 9.18 Å². The van der Waals surface area contributed by atoms with Gasteiger partial charge in [0.15, 0.2) is 11.6 Å². The molecule has 0 bridgehead atoms. The second-order valence-electron chi connectivity index (χ2n) is 7.55. The van der Waals surface area contributed by atoms with Crippen molar-refractivity contribution in [1.82, 2.24) is 4.90 Å². The molecule has 1 aromatic rings. The number of halogens is 1. The number of rotatable bonds is 6. The summed E-state index contributed by atoms with van der Waals surface area (Å²) in [6.45, 7) is 6.90. The van der Waals surface area contributed by atoms with E-state index in [4.69, 9.17) is 14.6 Å². The number of aliphatic carboxylic acids is 1. The molecule has 26 heavy (non-hydrogen) atoms. The summed E-state index contributed by atoms with van der Waals surface area (Å²) in [7, 11) is 0. The van der Waals surface area contributed by atoms with Crippen molar-refractivity contribution in [1.29, 1.82) is 0 Å². The normalized spacial score (nSPS) is 17.2. The Morgan fingerprint density at radius 2 is 2.08 bits per heavy atom. The lowest BCUT2D eigenvalue weighted by Gasteiger charge is -2.24. The van der Waals surface area contributed by atoms with E-state index in [1.165, 1.54) is 12.1 Å². The molecule has 1 fully saturated rings. The van der Waals surface area contributed by atoms with E-state index in [1.54, 1.807) is 11.0 Å². The van der Waals surface area contributed by atoms with Gasteiger partial charge in [-0.1, -0.05) is 6.07 Å². The predicted octanol–water partition coefficient (Wildman–Crippen LogP) is 3.48. The van der Waals surface area contributed by atoms with Crippen molar-refractivity contribution >= 4 is 12.1 Å². The number of carbonyl (C=O) groups excluding carboxylic acids is 1. The summed E-state index contributed by atoms with van der Waals surface area (Å²) < 4.78 is 25.0. The lowest BCUT2D eigenvalue weighted by molar-refractivity contribution is -0.136. The zero-order valence-electron chi connectivity index (χ0n) is 15.5. The third kappa shape index (κ3) is 6.20. The highest BCUT2D eigenvalue weighted by atomic mass is 19.1. The van der Waals surface area contributed by atoms with E-state index in [0.717, 1.165) is 6.42 Å². The number of carboxylic acids is 1. The average Bonchev–Trinajstić information content (AvgIpc) is 2.99. The molecule has 1 atom stereocenters. The molecule has 0 spiro atoms. The van der Waals surface area contributed by atoms with Gasteiger partial charge in [0.25, 0.3) is 0 Å². The van der Waals surface area contributed by atoms with Crippen LogP contribution in [0.1, 0.15) is 39.2 Å². The molecular weight excluding hydrogens is 341 g/mol. The van der Waals surface area contributed by atoms with Gasteiger partial charge in [0.1, 0.15) is 5.60 Å². The first kappa shape index (κ1) is 20.0. The molecule has 1 N–H and O–H groups in total. The van der Waals surface area contributed by atoms with Crippen molar-refractivity contribution < 1.29 is 28.6 Å². The minimum Gasteiger partial charge on any atom is -0.490 e. The highest BCUT2D eigenvalue weighted by Gasteiger charge is 2.30. The van der Waals surface area contributed by atoms with Crippen molar-refractivity contribution in [2.75, 3.05) is 19.7 Å². The summed E-state index contributed by atoms with van der Waals surface area (Å²) in [4.78, 5) is 24.3. The minimum atomic E-state index is -0.915. The molecule has 0 aromatic heterocycles. The maximum absolute atomic E-state index is 14.1. The van der Waals surface area contributed by atoms with E-state index in [2.05, 4.69) is 0 Å². The number of benzene rings is 1. The highest BCUT2D eigenvalue weighted by Crippen LogP contribution is 2.23. The lowest BCUT2D eigenvalue weighted by Crippen LogP contribution is -2.35. The van der Waals surface area contributed by atoms with E-state index in [-0.39, 0.29) is 30.6 Å². The van der Waals surface area contributed by atoms with Crippen LogP contribution in [-0.4, -0.2) is 47.4 Å². The summed E-state index contributed by atoms with van der Waals surface area (Å²) in [6, 6.07) is 4.50. The molecular formula is C19H26FNO5. The van der Waals surface area contributed by atoms with Crippen LogP contribution in [0.5, 0.6) is 5.75 Å². The van der Waals surface area contributed by atoms with Crippen LogP contribution in [0, 0.1) is 11.7 Å². The Hall–Kier alpha value is -2.31. The van der Waals surface area contributed by atoms with Gasteiger partial charge in [-0.15, -0.1) is 0 Å². The summed E-state index contributed by atoms with van der Waals surface area (Å²) in [6.07, 6.45) is 0.675. The largest absolute Gasteiger partial charge is 0.490 e. The van der Waals surface area contributed by atoms with Crippen LogP contribution in [0.25, 0.3) is 0 Å². The van der Waals surface area contributed by atoms with Crippen LogP contribution in [0.15, 0.2) is 18.2 Å². The molecule has 0 saturated carbocycles. The first-order chi connectivity index (χ1) is 12.1. The average molecular weight is 367 g/mol. The number of nitrogens with zero attached hydrogens (tertiary/aromatic N) is 1. The Bertz CT molecular complexity index is 656. The Balaban J connectivity index is 1.82. The summed E-state index contributed by atoms with van der Waals surface area (Å²) in [5.41, 5.74) is 0.0891. The van der Waals surface area contributed by atoms with Gasteiger partial charge in [-0.3, -0.25) is 4.79 Å². The Morgan fingerprint density at radius 3 is 2.69 bits per heavy atom.